The Morgan fingerprint density at radius 3 is 0.760 bits per heavy atom. The van der Waals surface area contributed by atoms with Crippen LogP contribution in [0.25, 0.3) is 0 Å². The minimum absolute atomic E-state index is 0.108. The molecule has 3 unspecified atom stereocenters. The molecule has 0 bridgehead atoms. The fourth-order valence-corrected chi connectivity index (χ4v) is 14.1. The third-order valence-corrected chi connectivity index (χ3v) is 21.2. The number of phosphoric ester groups is 2. The molecule has 0 aromatic heterocycles. The van der Waals surface area contributed by atoms with Crippen molar-refractivity contribution >= 4 is 39.5 Å². The van der Waals surface area contributed by atoms with E-state index in [9.17, 15) is 43.2 Å². The summed E-state index contributed by atoms with van der Waals surface area (Å²) in [4.78, 5) is 73.1. The number of hydrogen-bond acceptors (Lipinski definition) is 15. The lowest BCUT2D eigenvalue weighted by molar-refractivity contribution is -0.161. The van der Waals surface area contributed by atoms with Gasteiger partial charge in [-0.05, 0) is 37.5 Å². The second-order valence-corrected chi connectivity index (χ2v) is 32.8. The van der Waals surface area contributed by atoms with Gasteiger partial charge < -0.3 is 33.8 Å². The van der Waals surface area contributed by atoms with E-state index >= 15 is 0 Å². The third-order valence-electron chi connectivity index (χ3n) is 19.3. The van der Waals surface area contributed by atoms with Gasteiger partial charge >= 0.3 is 39.5 Å². The third kappa shape index (κ3) is 73.0. The van der Waals surface area contributed by atoms with Gasteiger partial charge in [-0.25, -0.2) is 9.13 Å². The highest BCUT2D eigenvalue weighted by Gasteiger charge is 2.30. The Kier molecular flexibility index (Phi) is 71.2. The molecule has 0 radical (unpaired) electrons. The van der Waals surface area contributed by atoms with Gasteiger partial charge in [0.25, 0.3) is 0 Å². The minimum Gasteiger partial charge on any atom is -0.462 e. The van der Waals surface area contributed by atoms with Crippen molar-refractivity contribution in [3.63, 3.8) is 0 Å². The van der Waals surface area contributed by atoms with Gasteiger partial charge in [0.15, 0.2) is 12.2 Å². The van der Waals surface area contributed by atoms with Crippen LogP contribution in [0.3, 0.4) is 0 Å². The number of rotatable bonds is 80. The second kappa shape index (κ2) is 72.6. The average Bonchev–Trinajstić information content (AvgIpc) is 0.925. The SMILES string of the molecule is CCCCCCCCCCCCCCCCCCC(=O)OC[C@H](COP(=O)(O)OC[C@@H](O)COP(=O)(O)OC[C@@H](COC(=O)CCCCCCCCCCCC(C)C)OC(=O)CCCCCCCCCCCCCCCC)OC(=O)CCCCCCCCCCCCCCCCC(C)CC. The Labute approximate surface area is 613 Å². The molecule has 594 valence electrons. The number of carbonyl (C=O) groups is 4. The van der Waals surface area contributed by atoms with Gasteiger partial charge in [0.2, 0.25) is 0 Å². The van der Waals surface area contributed by atoms with E-state index in [4.69, 9.17) is 37.0 Å². The lowest BCUT2D eigenvalue weighted by Crippen LogP contribution is -2.30. The fraction of sp³-hybridized carbons (Fsp3) is 0.951. The van der Waals surface area contributed by atoms with Crippen molar-refractivity contribution in [1.29, 1.82) is 0 Å². The van der Waals surface area contributed by atoms with E-state index in [1.165, 1.54) is 244 Å². The highest BCUT2D eigenvalue weighted by molar-refractivity contribution is 7.47. The quantitative estimate of drug-likeness (QED) is 0.0222. The summed E-state index contributed by atoms with van der Waals surface area (Å²) in [6.07, 6.45) is 62.2. The molecule has 17 nitrogen and oxygen atoms in total. The zero-order chi connectivity index (χ0) is 73.5. The van der Waals surface area contributed by atoms with Gasteiger partial charge in [-0.2, -0.15) is 0 Å². The maximum atomic E-state index is 13.1. The zero-order valence-electron chi connectivity index (χ0n) is 65.5. The number of unbranched alkanes of at least 4 members (excludes halogenated alkanes) is 49. The van der Waals surface area contributed by atoms with Crippen molar-refractivity contribution in [2.75, 3.05) is 39.6 Å². The fourth-order valence-electron chi connectivity index (χ4n) is 12.5. The van der Waals surface area contributed by atoms with E-state index in [0.29, 0.717) is 25.7 Å². The summed E-state index contributed by atoms with van der Waals surface area (Å²) in [5, 5.41) is 10.6. The largest absolute Gasteiger partial charge is 0.472 e. The van der Waals surface area contributed by atoms with Crippen LogP contribution in [0.15, 0.2) is 0 Å². The first kappa shape index (κ1) is 98.1. The molecule has 0 saturated carbocycles. The molecule has 0 rings (SSSR count). The van der Waals surface area contributed by atoms with E-state index in [0.717, 1.165) is 102 Å². The van der Waals surface area contributed by atoms with E-state index < -0.39 is 97.5 Å². The number of hydrogen-bond donors (Lipinski definition) is 3. The number of esters is 4. The Hall–Kier alpha value is -1.94. The van der Waals surface area contributed by atoms with Crippen LogP contribution >= 0.6 is 15.6 Å². The molecule has 3 N–H and O–H groups in total. The highest BCUT2D eigenvalue weighted by atomic mass is 31.2. The van der Waals surface area contributed by atoms with E-state index in [1.807, 2.05) is 0 Å². The molecule has 0 fully saturated rings. The number of phosphoric acid groups is 2. The molecule has 6 atom stereocenters. The topological polar surface area (TPSA) is 237 Å². The highest BCUT2D eigenvalue weighted by Crippen LogP contribution is 2.45. The predicted molar refractivity (Wildman–Crippen MR) is 409 cm³/mol. The van der Waals surface area contributed by atoms with Gasteiger partial charge in [-0.3, -0.25) is 37.3 Å². The van der Waals surface area contributed by atoms with Gasteiger partial charge in [-0.15, -0.1) is 0 Å². The molecule has 0 aromatic carbocycles. The van der Waals surface area contributed by atoms with Crippen LogP contribution in [-0.2, 0) is 65.4 Å². The molecule has 19 heteroatoms. The lowest BCUT2D eigenvalue weighted by Gasteiger charge is -2.21. The Morgan fingerprint density at radius 1 is 0.290 bits per heavy atom. The second-order valence-electron chi connectivity index (χ2n) is 29.9. The number of ether oxygens (including phenoxy) is 4. The molecular weight excluding hydrogens is 1310 g/mol. The van der Waals surface area contributed by atoms with Crippen LogP contribution in [0.4, 0.5) is 0 Å². The van der Waals surface area contributed by atoms with Crippen LogP contribution in [0.5, 0.6) is 0 Å². The molecule has 0 heterocycles. The number of carbonyl (C=O) groups excluding carboxylic acids is 4. The van der Waals surface area contributed by atoms with Crippen LogP contribution in [-0.4, -0.2) is 96.7 Å². The van der Waals surface area contributed by atoms with E-state index in [2.05, 4.69) is 41.5 Å². The van der Waals surface area contributed by atoms with Crippen LogP contribution in [0.2, 0.25) is 0 Å². The van der Waals surface area contributed by atoms with E-state index in [1.54, 1.807) is 0 Å². The first-order valence-electron chi connectivity index (χ1n) is 42.0. The molecule has 0 aliphatic carbocycles. The zero-order valence-corrected chi connectivity index (χ0v) is 67.3. The Morgan fingerprint density at radius 2 is 0.510 bits per heavy atom. The maximum Gasteiger partial charge on any atom is 0.472 e. The van der Waals surface area contributed by atoms with Gasteiger partial charge in [0, 0.05) is 25.7 Å². The van der Waals surface area contributed by atoms with E-state index in [-0.39, 0.29) is 25.7 Å². The molecule has 0 amide bonds. The van der Waals surface area contributed by atoms with Crippen molar-refractivity contribution < 1.29 is 80.2 Å². The van der Waals surface area contributed by atoms with Crippen LogP contribution < -0.4 is 0 Å². The van der Waals surface area contributed by atoms with Gasteiger partial charge in [0.05, 0.1) is 26.4 Å². The average molecular weight is 1470 g/mol. The van der Waals surface area contributed by atoms with Gasteiger partial charge in [-0.1, -0.05) is 375 Å². The van der Waals surface area contributed by atoms with Crippen LogP contribution in [0, 0.1) is 11.8 Å². The van der Waals surface area contributed by atoms with Crippen molar-refractivity contribution in [2.45, 2.75) is 445 Å². The first-order valence-corrected chi connectivity index (χ1v) is 45.0. The molecule has 0 aliphatic rings. The maximum absolute atomic E-state index is 13.1. The molecule has 100 heavy (non-hydrogen) atoms. The molecule has 0 aromatic rings. The molecule has 0 spiro atoms. The summed E-state index contributed by atoms with van der Waals surface area (Å²) in [5.74, 6) is -0.516. The summed E-state index contributed by atoms with van der Waals surface area (Å²) >= 11 is 0. The minimum atomic E-state index is -4.96. The predicted octanol–water partition coefficient (Wildman–Crippen LogP) is 24.3. The van der Waals surface area contributed by atoms with Crippen molar-refractivity contribution in [3.8, 4) is 0 Å². The Bertz CT molecular complexity index is 1930. The number of aliphatic hydroxyl groups excluding tert-OH is 1. The van der Waals surface area contributed by atoms with Crippen molar-refractivity contribution in [2.24, 2.45) is 11.8 Å². The van der Waals surface area contributed by atoms with Gasteiger partial charge in [0.1, 0.15) is 19.3 Å². The summed E-state index contributed by atoms with van der Waals surface area (Å²) in [6, 6.07) is 0. The van der Waals surface area contributed by atoms with Crippen LogP contribution in [0.1, 0.15) is 427 Å². The summed E-state index contributed by atoms with van der Waals surface area (Å²) < 4.78 is 68.8. The molecular formula is C81H158O17P2. The molecule has 0 aliphatic heterocycles. The first-order chi connectivity index (χ1) is 48.4. The number of aliphatic hydroxyl groups is 1. The summed E-state index contributed by atoms with van der Waals surface area (Å²) in [5.41, 5.74) is 0. The molecule has 0 saturated heterocycles. The van der Waals surface area contributed by atoms with Crippen molar-refractivity contribution in [3.05, 3.63) is 0 Å². The monoisotopic (exact) mass is 1470 g/mol. The lowest BCUT2D eigenvalue weighted by atomic mass is 9.99. The smallest absolute Gasteiger partial charge is 0.462 e. The van der Waals surface area contributed by atoms with Crippen molar-refractivity contribution in [1.82, 2.24) is 0 Å². The standard InChI is InChI=1S/C81H158O17P2/c1-7-10-12-14-16-18-20-22-24-25-30-33-39-45-51-57-63-78(83)91-69-76(97-81(86)66-60-54-48-41-35-31-27-26-28-32-38-44-50-56-62-74(6)9-3)71-95-99(87,88)93-67-75(82)68-94-100(89,90)96-72-77(70-92-79(84)64-58-52-46-42-36-37-43-49-55-61-73(4)5)98-80(85)65-59-53-47-40-34-29-23-21-19-17-15-13-11-8-2/h73-77,82H,7-72H2,1-6H3,(H,87,88)(H,89,90)/t74?,75-,76-,77-/m1/s1. The summed E-state index contributed by atoms with van der Waals surface area (Å²) in [6.45, 7) is 9.68. The summed E-state index contributed by atoms with van der Waals surface area (Å²) in [7, 11) is -9.92. The normalized spacial score (nSPS) is 14.2. The Balaban J connectivity index is 5.26.